The number of aryl methyl sites for hydroxylation is 1. The van der Waals surface area contributed by atoms with Crippen molar-refractivity contribution >= 4 is 28.3 Å². The molecule has 80 valence electrons. The molecule has 0 unspecified atom stereocenters. The lowest BCUT2D eigenvalue weighted by atomic mass is 10.3. The van der Waals surface area contributed by atoms with Crippen molar-refractivity contribution < 1.29 is 14.7 Å². The summed E-state index contributed by atoms with van der Waals surface area (Å²) in [5.41, 5.74) is 0.696. The first-order valence-corrected chi connectivity index (χ1v) is 5.30. The highest BCUT2D eigenvalue weighted by Gasteiger charge is 2.24. The zero-order valence-electron chi connectivity index (χ0n) is 8.11. The number of thiophene rings is 1. The average Bonchev–Trinajstić information content (AvgIpc) is 2.71. The summed E-state index contributed by atoms with van der Waals surface area (Å²) in [5.74, 6) is -0.941. The van der Waals surface area contributed by atoms with Gasteiger partial charge in [-0.1, -0.05) is 0 Å². The predicted octanol–water partition coefficient (Wildman–Crippen LogP) is 1.28. The van der Waals surface area contributed by atoms with E-state index in [0.717, 1.165) is 11.3 Å². The third-order valence-electron chi connectivity index (χ3n) is 2.22. The molecule has 0 aromatic carbocycles. The van der Waals surface area contributed by atoms with Crippen molar-refractivity contribution in [2.45, 2.75) is 6.92 Å². The number of hydrogen-bond acceptors (Lipinski definition) is 3. The maximum absolute atomic E-state index is 11.3. The van der Waals surface area contributed by atoms with Gasteiger partial charge in [0.05, 0.1) is 0 Å². The minimum absolute atomic E-state index is 0.159. The second kappa shape index (κ2) is 3.54. The molecule has 0 radical (unpaired) electrons. The van der Waals surface area contributed by atoms with Crippen LogP contribution in [0.1, 0.15) is 15.2 Å². The normalized spacial score (nSPS) is 15.5. The van der Waals surface area contributed by atoms with E-state index in [1.54, 1.807) is 17.9 Å². The number of carbonyl (C=O) groups is 2. The Morgan fingerprint density at radius 1 is 1.67 bits per heavy atom. The number of amides is 2. The van der Waals surface area contributed by atoms with Gasteiger partial charge in [0.2, 0.25) is 0 Å². The smallest absolute Gasteiger partial charge is 0.346 e. The number of hydrogen-bond donors (Lipinski definition) is 2. The van der Waals surface area contributed by atoms with Crippen molar-refractivity contribution in [2.75, 3.05) is 18.0 Å². The molecule has 1 aliphatic rings. The molecule has 0 saturated carbocycles. The van der Waals surface area contributed by atoms with E-state index in [2.05, 4.69) is 5.32 Å². The molecule has 2 rings (SSSR count). The Kier molecular flexibility index (Phi) is 2.36. The largest absolute Gasteiger partial charge is 0.477 e. The van der Waals surface area contributed by atoms with Gasteiger partial charge in [0.25, 0.3) is 0 Å². The Bertz CT molecular complexity index is 427. The summed E-state index contributed by atoms with van der Waals surface area (Å²) < 4.78 is 0. The van der Waals surface area contributed by atoms with Crippen molar-refractivity contribution in [2.24, 2.45) is 0 Å². The Morgan fingerprint density at radius 2 is 2.40 bits per heavy atom. The van der Waals surface area contributed by atoms with Crippen LogP contribution in [0.5, 0.6) is 0 Å². The van der Waals surface area contributed by atoms with Crippen LogP contribution in [-0.4, -0.2) is 30.2 Å². The summed E-state index contributed by atoms with van der Waals surface area (Å²) in [6.07, 6.45) is 0. The molecular weight excluding hydrogens is 216 g/mol. The fourth-order valence-electron chi connectivity index (χ4n) is 1.49. The fraction of sp³-hybridized carbons (Fsp3) is 0.333. The number of carbonyl (C=O) groups excluding carboxylic acids is 1. The number of nitrogens with zero attached hydrogens (tertiary/aromatic N) is 1. The van der Waals surface area contributed by atoms with Gasteiger partial charge in [0.15, 0.2) is 0 Å². The van der Waals surface area contributed by atoms with Crippen LogP contribution in [-0.2, 0) is 0 Å². The quantitative estimate of drug-likeness (QED) is 0.798. The number of carboxylic acid groups (broad SMARTS) is 1. The third kappa shape index (κ3) is 1.68. The van der Waals surface area contributed by atoms with E-state index in [1.807, 2.05) is 0 Å². The molecule has 6 heteroatoms. The van der Waals surface area contributed by atoms with Gasteiger partial charge in [0.1, 0.15) is 9.88 Å². The first-order chi connectivity index (χ1) is 7.09. The first-order valence-electron chi connectivity index (χ1n) is 4.48. The molecule has 0 atom stereocenters. The Hall–Kier alpha value is -1.56. The molecule has 2 N–H and O–H groups in total. The van der Waals surface area contributed by atoms with E-state index in [1.165, 1.54) is 0 Å². The molecule has 1 fully saturated rings. The molecule has 0 aliphatic carbocycles. The van der Waals surface area contributed by atoms with Gasteiger partial charge in [-0.25, -0.2) is 9.59 Å². The molecule has 0 bridgehead atoms. The molecule has 2 amide bonds. The maximum atomic E-state index is 11.3. The Balaban J connectivity index is 2.33. The second-order valence-electron chi connectivity index (χ2n) is 3.29. The predicted molar refractivity (Wildman–Crippen MR) is 56.8 cm³/mol. The lowest BCUT2D eigenvalue weighted by Crippen LogP contribution is -2.26. The summed E-state index contributed by atoms with van der Waals surface area (Å²) in [7, 11) is 0. The zero-order valence-corrected chi connectivity index (χ0v) is 8.93. The van der Waals surface area contributed by atoms with Gasteiger partial charge in [-0.05, 0) is 18.6 Å². The Morgan fingerprint density at radius 3 is 2.87 bits per heavy atom. The number of urea groups is 1. The molecule has 1 aromatic heterocycles. The summed E-state index contributed by atoms with van der Waals surface area (Å²) in [5, 5.41) is 12.2. The van der Waals surface area contributed by atoms with E-state index in [9.17, 15) is 9.59 Å². The summed E-state index contributed by atoms with van der Waals surface area (Å²) >= 11 is 1.13. The van der Waals surface area contributed by atoms with Gasteiger partial charge in [-0.2, -0.15) is 0 Å². The molecule has 15 heavy (non-hydrogen) atoms. The molecule has 5 nitrogen and oxygen atoms in total. The highest BCUT2D eigenvalue weighted by molar-refractivity contribution is 7.18. The number of aromatic carboxylic acids is 1. The highest BCUT2D eigenvalue weighted by Crippen LogP contribution is 2.30. The summed E-state index contributed by atoms with van der Waals surface area (Å²) in [6, 6.07) is 1.58. The van der Waals surface area contributed by atoms with Crippen LogP contribution in [0.25, 0.3) is 0 Å². The van der Waals surface area contributed by atoms with Crippen LogP contribution in [0.15, 0.2) is 6.07 Å². The Labute approximate surface area is 90.3 Å². The van der Waals surface area contributed by atoms with Crippen molar-refractivity contribution in [3.05, 3.63) is 16.5 Å². The molecule has 1 aromatic rings. The van der Waals surface area contributed by atoms with Crippen molar-refractivity contribution in [3.8, 4) is 0 Å². The lowest BCUT2D eigenvalue weighted by Gasteiger charge is -2.09. The van der Waals surface area contributed by atoms with Crippen molar-refractivity contribution in [3.63, 3.8) is 0 Å². The molecular formula is C9H10N2O3S. The van der Waals surface area contributed by atoms with Crippen LogP contribution in [0, 0.1) is 6.92 Å². The standard InChI is InChI=1S/C9H10N2O3S/c1-5-4-6(15-7(5)8(12)13)11-3-2-10-9(11)14/h4H,2-3H2,1H3,(H,10,14)(H,12,13). The molecule has 2 heterocycles. The molecule has 1 aliphatic heterocycles. The van der Waals surface area contributed by atoms with Crippen molar-refractivity contribution in [1.82, 2.24) is 5.32 Å². The van der Waals surface area contributed by atoms with Crippen LogP contribution in [0.4, 0.5) is 9.80 Å². The third-order valence-corrected chi connectivity index (χ3v) is 3.47. The van der Waals surface area contributed by atoms with E-state index in [4.69, 9.17) is 5.11 Å². The molecule has 0 spiro atoms. The minimum atomic E-state index is -0.941. The van der Waals surface area contributed by atoms with E-state index >= 15 is 0 Å². The summed E-state index contributed by atoms with van der Waals surface area (Å²) in [6.45, 7) is 2.94. The maximum Gasteiger partial charge on any atom is 0.346 e. The van der Waals surface area contributed by atoms with Gasteiger partial charge in [-0.15, -0.1) is 11.3 Å². The van der Waals surface area contributed by atoms with E-state index in [-0.39, 0.29) is 6.03 Å². The van der Waals surface area contributed by atoms with E-state index < -0.39 is 5.97 Å². The molecule has 1 saturated heterocycles. The number of carboxylic acids is 1. The van der Waals surface area contributed by atoms with Crippen molar-refractivity contribution in [1.29, 1.82) is 0 Å². The summed E-state index contributed by atoms with van der Waals surface area (Å²) in [4.78, 5) is 24.0. The topological polar surface area (TPSA) is 69.6 Å². The van der Waals surface area contributed by atoms with Crippen LogP contribution in [0.3, 0.4) is 0 Å². The van der Waals surface area contributed by atoms with Crippen LogP contribution in [0.2, 0.25) is 0 Å². The van der Waals surface area contributed by atoms with Gasteiger partial charge in [0, 0.05) is 13.1 Å². The SMILES string of the molecule is Cc1cc(N2CCNC2=O)sc1C(=O)O. The van der Waals surface area contributed by atoms with Gasteiger partial charge >= 0.3 is 12.0 Å². The first kappa shape index (κ1) is 9.97. The van der Waals surface area contributed by atoms with Gasteiger partial charge in [-0.3, -0.25) is 4.90 Å². The highest BCUT2D eigenvalue weighted by atomic mass is 32.1. The zero-order chi connectivity index (χ0) is 11.0. The van der Waals surface area contributed by atoms with Crippen LogP contribution < -0.4 is 10.2 Å². The minimum Gasteiger partial charge on any atom is -0.477 e. The van der Waals surface area contributed by atoms with Crippen LogP contribution >= 0.6 is 11.3 Å². The average molecular weight is 226 g/mol. The fourth-order valence-corrected chi connectivity index (χ4v) is 2.53. The van der Waals surface area contributed by atoms with Gasteiger partial charge < -0.3 is 10.4 Å². The number of nitrogens with one attached hydrogen (secondary N) is 1. The lowest BCUT2D eigenvalue weighted by molar-refractivity contribution is 0.0701. The second-order valence-corrected chi connectivity index (χ2v) is 4.32. The van der Waals surface area contributed by atoms with E-state index in [0.29, 0.717) is 28.5 Å². The monoisotopic (exact) mass is 226 g/mol. The number of rotatable bonds is 2. The number of anilines is 1.